The number of pyridine rings is 1. The zero-order chi connectivity index (χ0) is 15.9. The molecule has 0 aromatic carbocycles. The van der Waals surface area contributed by atoms with Crippen LogP contribution in [0.5, 0.6) is 5.88 Å². The third kappa shape index (κ3) is 6.94. The Morgan fingerprint density at radius 1 is 1.38 bits per heavy atom. The summed E-state index contributed by atoms with van der Waals surface area (Å²) in [4.78, 5) is 17.6. The average molecular weight is 295 g/mol. The largest absolute Gasteiger partial charge is 0.481 e. The molecule has 0 atom stereocenters. The van der Waals surface area contributed by atoms with Crippen molar-refractivity contribution in [3.05, 3.63) is 23.9 Å². The minimum atomic E-state index is -0.469. The lowest BCUT2D eigenvalue weighted by atomic mass is 10.2. The smallest absolute Gasteiger partial charge is 0.410 e. The lowest BCUT2D eigenvalue weighted by Crippen LogP contribution is -2.37. The molecule has 0 spiro atoms. The summed E-state index contributed by atoms with van der Waals surface area (Å²) in [6, 6.07) is 5.63. The highest BCUT2D eigenvalue weighted by Gasteiger charge is 2.18. The number of methoxy groups -OCH3 is 1. The van der Waals surface area contributed by atoms with E-state index in [1.54, 1.807) is 25.1 Å². The van der Waals surface area contributed by atoms with Gasteiger partial charge < -0.3 is 19.7 Å². The lowest BCUT2D eigenvalue weighted by molar-refractivity contribution is 0.0300. The number of hydrogen-bond acceptors (Lipinski definition) is 5. The fraction of sp³-hybridized carbons (Fsp3) is 0.600. The maximum atomic E-state index is 11.8. The number of aromatic nitrogens is 1. The minimum Gasteiger partial charge on any atom is -0.481 e. The molecular formula is C15H25N3O3. The molecule has 0 unspecified atom stereocenters. The van der Waals surface area contributed by atoms with Crippen molar-refractivity contribution in [3.8, 4) is 5.88 Å². The number of carbonyl (C=O) groups excluding carboxylic acids is 1. The second-order valence-electron chi connectivity index (χ2n) is 5.75. The first kappa shape index (κ1) is 17.2. The van der Waals surface area contributed by atoms with E-state index in [4.69, 9.17) is 9.47 Å². The summed E-state index contributed by atoms with van der Waals surface area (Å²) in [5.74, 6) is 0.597. The summed E-state index contributed by atoms with van der Waals surface area (Å²) < 4.78 is 10.3. The summed E-state index contributed by atoms with van der Waals surface area (Å²) in [6.45, 7) is 7.41. The number of ether oxygens (including phenoxy) is 2. The Labute approximate surface area is 126 Å². The maximum Gasteiger partial charge on any atom is 0.410 e. The molecule has 0 aliphatic heterocycles. The van der Waals surface area contributed by atoms with Gasteiger partial charge in [0.2, 0.25) is 5.88 Å². The van der Waals surface area contributed by atoms with Gasteiger partial charge in [-0.2, -0.15) is 0 Å². The molecule has 0 saturated carbocycles. The first-order valence-electron chi connectivity index (χ1n) is 6.96. The molecule has 1 amide bonds. The van der Waals surface area contributed by atoms with E-state index in [0.29, 0.717) is 25.5 Å². The van der Waals surface area contributed by atoms with E-state index in [1.165, 1.54) is 0 Å². The Kier molecular flexibility index (Phi) is 6.42. The Morgan fingerprint density at radius 2 is 2.10 bits per heavy atom. The molecule has 1 N–H and O–H groups in total. The van der Waals surface area contributed by atoms with E-state index in [-0.39, 0.29) is 6.09 Å². The van der Waals surface area contributed by atoms with Gasteiger partial charge in [0.25, 0.3) is 0 Å². The van der Waals surface area contributed by atoms with Crippen LogP contribution in [0, 0.1) is 0 Å². The number of rotatable bonds is 6. The van der Waals surface area contributed by atoms with Crippen LogP contribution in [0.1, 0.15) is 26.5 Å². The molecule has 0 bridgehead atoms. The van der Waals surface area contributed by atoms with Crippen molar-refractivity contribution < 1.29 is 14.3 Å². The van der Waals surface area contributed by atoms with Crippen molar-refractivity contribution in [1.29, 1.82) is 0 Å². The normalized spacial score (nSPS) is 11.1. The van der Waals surface area contributed by atoms with Gasteiger partial charge in [0.05, 0.1) is 12.8 Å². The highest BCUT2D eigenvalue weighted by molar-refractivity contribution is 5.67. The molecule has 21 heavy (non-hydrogen) atoms. The topological polar surface area (TPSA) is 63.7 Å². The van der Waals surface area contributed by atoms with Crippen LogP contribution < -0.4 is 10.1 Å². The molecule has 6 nitrogen and oxygen atoms in total. The van der Waals surface area contributed by atoms with E-state index >= 15 is 0 Å². The van der Waals surface area contributed by atoms with Crippen molar-refractivity contribution in [3.63, 3.8) is 0 Å². The van der Waals surface area contributed by atoms with Crippen molar-refractivity contribution in [1.82, 2.24) is 15.2 Å². The summed E-state index contributed by atoms with van der Waals surface area (Å²) in [6.07, 6.45) is -0.316. The predicted octanol–water partition coefficient (Wildman–Crippen LogP) is 2.05. The number of nitrogens with one attached hydrogen (secondary N) is 1. The first-order chi connectivity index (χ1) is 9.81. The molecular weight excluding hydrogens is 270 g/mol. The first-order valence-corrected chi connectivity index (χ1v) is 6.96. The summed E-state index contributed by atoms with van der Waals surface area (Å²) in [7, 11) is 3.31. The molecule has 1 rings (SSSR count). The molecule has 0 saturated heterocycles. The minimum absolute atomic E-state index is 0.316. The molecule has 1 aromatic heterocycles. The van der Waals surface area contributed by atoms with Crippen molar-refractivity contribution in [2.24, 2.45) is 0 Å². The van der Waals surface area contributed by atoms with Gasteiger partial charge >= 0.3 is 6.09 Å². The van der Waals surface area contributed by atoms with Crippen molar-refractivity contribution >= 4 is 6.09 Å². The van der Waals surface area contributed by atoms with Crippen LogP contribution in [0.25, 0.3) is 0 Å². The predicted molar refractivity (Wildman–Crippen MR) is 81.4 cm³/mol. The van der Waals surface area contributed by atoms with Gasteiger partial charge in [0, 0.05) is 32.7 Å². The van der Waals surface area contributed by atoms with Crippen molar-refractivity contribution in [2.45, 2.75) is 32.9 Å². The zero-order valence-corrected chi connectivity index (χ0v) is 13.5. The van der Waals surface area contributed by atoms with Crippen LogP contribution in [0.3, 0.4) is 0 Å². The van der Waals surface area contributed by atoms with Crippen LogP contribution in [-0.2, 0) is 11.3 Å². The third-order valence-corrected chi connectivity index (χ3v) is 2.63. The molecule has 0 radical (unpaired) electrons. The SMILES string of the molecule is COc1cccc(CNCCN(C)C(=O)OC(C)(C)C)n1. The van der Waals surface area contributed by atoms with Gasteiger partial charge in [-0.05, 0) is 26.8 Å². The second-order valence-corrected chi connectivity index (χ2v) is 5.75. The molecule has 6 heteroatoms. The summed E-state index contributed by atoms with van der Waals surface area (Å²) in [5.41, 5.74) is 0.429. The quantitative estimate of drug-likeness (QED) is 0.814. The number of carbonyl (C=O) groups is 1. The van der Waals surface area contributed by atoms with Crippen LogP contribution in [0.4, 0.5) is 4.79 Å². The maximum absolute atomic E-state index is 11.8. The van der Waals surface area contributed by atoms with Gasteiger partial charge in [-0.15, -0.1) is 0 Å². The summed E-state index contributed by atoms with van der Waals surface area (Å²) >= 11 is 0. The Morgan fingerprint density at radius 3 is 2.71 bits per heavy atom. The number of hydrogen-bond donors (Lipinski definition) is 1. The fourth-order valence-corrected chi connectivity index (χ4v) is 1.56. The molecule has 0 aliphatic rings. The molecule has 1 aromatic rings. The van der Waals surface area contributed by atoms with Gasteiger partial charge in [-0.25, -0.2) is 9.78 Å². The molecule has 0 fully saturated rings. The standard InChI is InChI=1S/C15H25N3O3/c1-15(2,3)21-14(19)18(4)10-9-16-11-12-7-6-8-13(17-12)20-5/h6-8,16H,9-11H2,1-5H3. The lowest BCUT2D eigenvalue weighted by Gasteiger charge is -2.24. The molecule has 0 aliphatic carbocycles. The van der Waals surface area contributed by atoms with E-state index in [9.17, 15) is 4.79 Å². The van der Waals surface area contributed by atoms with E-state index in [2.05, 4.69) is 10.3 Å². The summed E-state index contributed by atoms with van der Waals surface area (Å²) in [5, 5.41) is 3.23. The highest BCUT2D eigenvalue weighted by Crippen LogP contribution is 2.09. The van der Waals surface area contributed by atoms with Crippen LogP contribution in [-0.4, -0.2) is 48.8 Å². The van der Waals surface area contributed by atoms with Crippen molar-refractivity contribution in [2.75, 3.05) is 27.2 Å². The Balaban J connectivity index is 2.28. The zero-order valence-electron chi connectivity index (χ0n) is 13.5. The Hall–Kier alpha value is -1.82. The highest BCUT2D eigenvalue weighted by atomic mass is 16.6. The third-order valence-electron chi connectivity index (χ3n) is 2.63. The van der Waals surface area contributed by atoms with Gasteiger partial charge in [-0.1, -0.05) is 6.07 Å². The Bertz CT molecular complexity index is 458. The number of amides is 1. The van der Waals surface area contributed by atoms with E-state index in [1.807, 2.05) is 32.9 Å². The van der Waals surface area contributed by atoms with Crippen LogP contribution in [0.15, 0.2) is 18.2 Å². The van der Waals surface area contributed by atoms with E-state index < -0.39 is 5.60 Å². The monoisotopic (exact) mass is 295 g/mol. The number of nitrogens with zero attached hydrogens (tertiary/aromatic N) is 2. The van der Waals surface area contributed by atoms with Crippen LogP contribution >= 0.6 is 0 Å². The number of likely N-dealkylation sites (N-methyl/N-ethyl adjacent to an activating group) is 1. The second kappa shape index (κ2) is 7.83. The molecule has 118 valence electrons. The molecule has 1 heterocycles. The average Bonchev–Trinajstić information content (AvgIpc) is 2.41. The van der Waals surface area contributed by atoms with Crippen LogP contribution in [0.2, 0.25) is 0 Å². The van der Waals surface area contributed by atoms with Gasteiger partial charge in [-0.3, -0.25) is 0 Å². The van der Waals surface area contributed by atoms with Gasteiger partial charge in [0.15, 0.2) is 0 Å². The van der Waals surface area contributed by atoms with E-state index in [0.717, 1.165) is 5.69 Å². The fourth-order valence-electron chi connectivity index (χ4n) is 1.56. The van der Waals surface area contributed by atoms with Gasteiger partial charge in [0.1, 0.15) is 5.60 Å².